The van der Waals surface area contributed by atoms with Gasteiger partial charge in [-0.05, 0) is 31.0 Å². The molecule has 5 nitrogen and oxygen atoms in total. The third kappa shape index (κ3) is 4.79. The van der Waals surface area contributed by atoms with Gasteiger partial charge in [-0.15, -0.1) is 0 Å². The summed E-state index contributed by atoms with van der Waals surface area (Å²) >= 11 is 0. The van der Waals surface area contributed by atoms with E-state index in [0.29, 0.717) is 18.8 Å². The normalized spacial score (nSPS) is 11.9. The summed E-state index contributed by atoms with van der Waals surface area (Å²) in [6.45, 7) is 5.03. The number of ether oxygens (including phenoxy) is 1. The maximum absolute atomic E-state index is 11.6. The molecule has 3 N–H and O–H groups in total. The first kappa shape index (κ1) is 15.3. The summed E-state index contributed by atoms with van der Waals surface area (Å²) in [5.41, 5.74) is 0.897. The minimum atomic E-state index is -0.268. The smallest absolute Gasteiger partial charge is 0.236 e. The highest BCUT2D eigenvalue weighted by molar-refractivity contribution is 5.81. The monoisotopic (exact) mass is 266 g/mol. The second kappa shape index (κ2) is 7.63. The molecule has 0 radical (unpaired) electrons. The van der Waals surface area contributed by atoms with Crippen LogP contribution in [0.4, 0.5) is 0 Å². The molecule has 1 aromatic rings. The first-order chi connectivity index (χ1) is 9.08. The Hall–Kier alpha value is -1.75. The number of carbonyl (C=O) groups is 1. The van der Waals surface area contributed by atoms with Gasteiger partial charge in [0.15, 0.2) is 11.5 Å². The Bertz CT molecular complexity index is 421. The highest BCUT2D eigenvalue weighted by Crippen LogP contribution is 2.26. The zero-order valence-electron chi connectivity index (χ0n) is 11.7. The predicted octanol–water partition coefficient (Wildman–Crippen LogP) is 1.41. The van der Waals surface area contributed by atoms with E-state index in [-0.39, 0.29) is 17.7 Å². The molecule has 0 saturated heterocycles. The van der Waals surface area contributed by atoms with Gasteiger partial charge in [-0.25, -0.2) is 0 Å². The van der Waals surface area contributed by atoms with Crippen LogP contribution in [0.1, 0.15) is 25.8 Å². The lowest BCUT2D eigenvalue weighted by Gasteiger charge is -2.14. The molecule has 0 aliphatic heterocycles. The Kier molecular flexibility index (Phi) is 6.15. The van der Waals surface area contributed by atoms with Crippen molar-refractivity contribution in [3.05, 3.63) is 23.8 Å². The highest BCUT2D eigenvalue weighted by Gasteiger charge is 2.11. The van der Waals surface area contributed by atoms with Gasteiger partial charge in [-0.3, -0.25) is 4.79 Å². The minimum absolute atomic E-state index is 0.0143. The van der Waals surface area contributed by atoms with Crippen molar-refractivity contribution in [3.8, 4) is 11.5 Å². The summed E-state index contributed by atoms with van der Waals surface area (Å²) in [7, 11) is 1.51. The number of phenolic OH excluding ortho intramolecular Hbond substituents is 1. The van der Waals surface area contributed by atoms with Crippen LogP contribution in [-0.2, 0) is 11.3 Å². The lowest BCUT2D eigenvalue weighted by molar-refractivity contribution is -0.122. The molecule has 0 aliphatic rings. The van der Waals surface area contributed by atoms with E-state index in [1.807, 2.05) is 19.9 Å². The molecule has 0 aromatic heterocycles. The largest absolute Gasteiger partial charge is 0.504 e. The Morgan fingerprint density at radius 1 is 1.47 bits per heavy atom. The van der Waals surface area contributed by atoms with E-state index in [0.717, 1.165) is 12.0 Å². The number of aromatic hydroxyl groups is 1. The number of nitrogens with one attached hydrogen (secondary N) is 2. The molecule has 19 heavy (non-hydrogen) atoms. The van der Waals surface area contributed by atoms with Crippen molar-refractivity contribution in [2.75, 3.05) is 13.7 Å². The fraction of sp³-hybridized carbons (Fsp3) is 0.500. The number of hydrogen-bond donors (Lipinski definition) is 3. The number of hydrogen-bond acceptors (Lipinski definition) is 4. The predicted molar refractivity (Wildman–Crippen MR) is 74.3 cm³/mol. The van der Waals surface area contributed by atoms with Crippen LogP contribution < -0.4 is 15.4 Å². The molecule has 106 valence electrons. The molecule has 0 heterocycles. The molecular formula is C14H22N2O3. The molecular weight excluding hydrogens is 244 g/mol. The van der Waals surface area contributed by atoms with Gasteiger partial charge >= 0.3 is 0 Å². The Morgan fingerprint density at radius 3 is 2.79 bits per heavy atom. The summed E-state index contributed by atoms with van der Waals surface area (Å²) in [5.74, 6) is 0.530. The van der Waals surface area contributed by atoms with Gasteiger partial charge in [0.2, 0.25) is 5.91 Å². The second-order valence-corrected chi connectivity index (χ2v) is 4.40. The third-order valence-corrected chi connectivity index (χ3v) is 2.80. The van der Waals surface area contributed by atoms with Gasteiger partial charge in [-0.1, -0.05) is 13.0 Å². The summed E-state index contributed by atoms with van der Waals surface area (Å²) in [6.07, 6.45) is 0.921. The molecule has 1 rings (SSSR count). The van der Waals surface area contributed by atoms with E-state index in [1.165, 1.54) is 7.11 Å². The van der Waals surface area contributed by atoms with Crippen molar-refractivity contribution in [3.63, 3.8) is 0 Å². The van der Waals surface area contributed by atoms with E-state index in [9.17, 15) is 9.90 Å². The summed E-state index contributed by atoms with van der Waals surface area (Å²) in [5, 5.41) is 15.6. The number of rotatable bonds is 7. The molecule has 1 amide bonds. The van der Waals surface area contributed by atoms with Crippen molar-refractivity contribution in [1.29, 1.82) is 0 Å². The van der Waals surface area contributed by atoms with Crippen LogP contribution in [0.25, 0.3) is 0 Å². The molecule has 5 heteroatoms. The Morgan fingerprint density at radius 2 is 2.21 bits per heavy atom. The number of carbonyl (C=O) groups excluding carboxylic acids is 1. The molecule has 1 aromatic carbocycles. The van der Waals surface area contributed by atoms with Crippen molar-refractivity contribution < 1.29 is 14.6 Å². The third-order valence-electron chi connectivity index (χ3n) is 2.80. The lowest BCUT2D eigenvalue weighted by atomic mass is 10.2. The molecule has 0 bridgehead atoms. The average Bonchev–Trinajstić information content (AvgIpc) is 2.42. The summed E-state index contributed by atoms with van der Waals surface area (Å²) in [4.78, 5) is 11.6. The van der Waals surface area contributed by atoms with Crippen LogP contribution in [0.5, 0.6) is 11.5 Å². The van der Waals surface area contributed by atoms with E-state index in [2.05, 4.69) is 10.6 Å². The molecule has 0 spiro atoms. The van der Waals surface area contributed by atoms with Gasteiger partial charge in [-0.2, -0.15) is 0 Å². The van der Waals surface area contributed by atoms with Crippen LogP contribution in [0.3, 0.4) is 0 Å². The van der Waals surface area contributed by atoms with Gasteiger partial charge in [0, 0.05) is 13.1 Å². The van der Waals surface area contributed by atoms with Crippen molar-refractivity contribution in [1.82, 2.24) is 10.6 Å². The number of methoxy groups -OCH3 is 1. The Balaban J connectivity index is 2.48. The number of benzene rings is 1. The summed E-state index contributed by atoms with van der Waals surface area (Å²) < 4.78 is 4.97. The molecule has 0 fully saturated rings. The van der Waals surface area contributed by atoms with Gasteiger partial charge in [0.1, 0.15) is 0 Å². The van der Waals surface area contributed by atoms with Gasteiger partial charge < -0.3 is 20.5 Å². The molecule has 0 saturated carbocycles. The van der Waals surface area contributed by atoms with Crippen LogP contribution in [-0.4, -0.2) is 30.7 Å². The lowest BCUT2D eigenvalue weighted by Crippen LogP contribution is -2.42. The van der Waals surface area contributed by atoms with E-state index < -0.39 is 0 Å². The number of amides is 1. The Labute approximate surface area is 114 Å². The second-order valence-electron chi connectivity index (χ2n) is 4.40. The fourth-order valence-corrected chi connectivity index (χ4v) is 1.61. The first-order valence-electron chi connectivity index (χ1n) is 6.45. The molecule has 1 unspecified atom stereocenters. The zero-order chi connectivity index (χ0) is 14.3. The van der Waals surface area contributed by atoms with E-state index in [4.69, 9.17) is 4.74 Å². The van der Waals surface area contributed by atoms with Crippen LogP contribution in [0.15, 0.2) is 18.2 Å². The van der Waals surface area contributed by atoms with Crippen molar-refractivity contribution >= 4 is 5.91 Å². The standard InChI is InChI=1S/C14H22N2O3/c1-4-7-15-14(18)10(2)16-9-11-5-6-13(19-3)12(17)8-11/h5-6,8,10,16-17H,4,7,9H2,1-3H3,(H,15,18). The fourth-order valence-electron chi connectivity index (χ4n) is 1.61. The number of phenols is 1. The highest BCUT2D eigenvalue weighted by atomic mass is 16.5. The first-order valence-corrected chi connectivity index (χ1v) is 6.45. The average molecular weight is 266 g/mol. The SMILES string of the molecule is CCCNC(=O)C(C)NCc1ccc(OC)c(O)c1. The van der Waals surface area contributed by atoms with Crippen LogP contribution >= 0.6 is 0 Å². The van der Waals surface area contributed by atoms with Crippen LogP contribution in [0, 0.1) is 0 Å². The molecule has 1 atom stereocenters. The molecule has 0 aliphatic carbocycles. The van der Waals surface area contributed by atoms with Crippen LogP contribution in [0.2, 0.25) is 0 Å². The van der Waals surface area contributed by atoms with E-state index in [1.54, 1.807) is 12.1 Å². The van der Waals surface area contributed by atoms with Crippen molar-refractivity contribution in [2.24, 2.45) is 0 Å². The topological polar surface area (TPSA) is 70.6 Å². The van der Waals surface area contributed by atoms with Crippen molar-refractivity contribution in [2.45, 2.75) is 32.9 Å². The minimum Gasteiger partial charge on any atom is -0.504 e. The maximum atomic E-state index is 11.6. The maximum Gasteiger partial charge on any atom is 0.236 e. The summed E-state index contributed by atoms with van der Waals surface area (Å²) in [6, 6.07) is 4.91. The van der Waals surface area contributed by atoms with E-state index >= 15 is 0 Å². The van der Waals surface area contributed by atoms with Gasteiger partial charge in [0.05, 0.1) is 13.2 Å². The van der Waals surface area contributed by atoms with Gasteiger partial charge in [0.25, 0.3) is 0 Å². The quantitative estimate of drug-likeness (QED) is 0.698. The zero-order valence-corrected chi connectivity index (χ0v) is 11.7.